The van der Waals surface area contributed by atoms with Crippen molar-refractivity contribution in [2.24, 2.45) is 0 Å². The summed E-state index contributed by atoms with van der Waals surface area (Å²) in [7, 11) is 0. The third-order valence-corrected chi connectivity index (χ3v) is 11.5. The van der Waals surface area contributed by atoms with E-state index >= 15 is 0 Å². The molecule has 0 rings (SSSR count). The fourth-order valence-electron chi connectivity index (χ4n) is 7.55. The second-order valence-corrected chi connectivity index (χ2v) is 17.0. The Morgan fingerprint density at radius 3 is 1.09 bits per heavy atom. The molecule has 1 amide bonds. The van der Waals surface area contributed by atoms with E-state index in [0.717, 1.165) is 38.5 Å². The van der Waals surface area contributed by atoms with Gasteiger partial charge in [0, 0.05) is 0 Å². The standard InChI is InChI=1S/C51H97NO4/c1-3-5-7-9-11-13-15-17-18-19-20-21-22-23-24-25-26-27-28-29-30-31-32-33-34-36-38-40-42-44-46-50(55)51(56)52-48(47-53)49(54)45-43-41-39-37-35-16-14-12-10-8-6-4-2/h23-24,35,37,43,45,48-50,53-55H,3-22,25-34,36,38-42,44,46-47H2,1-2H3,(H,52,56)/b24-23-,37-35+,45-43+. The Morgan fingerprint density at radius 1 is 0.429 bits per heavy atom. The number of allylic oxidation sites excluding steroid dienone is 5. The summed E-state index contributed by atoms with van der Waals surface area (Å²) in [5.74, 6) is -0.512. The molecule has 4 N–H and O–H groups in total. The number of nitrogens with one attached hydrogen (secondary N) is 1. The van der Waals surface area contributed by atoms with Crippen LogP contribution < -0.4 is 5.32 Å². The van der Waals surface area contributed by atoms with Crippen molar-refractivity contribution in [3.05, 3.63) is 36.5 Å². The third kappa shape index (κ3) is 40.8. The maximum atomic E-state index is 12.5. The van der Waals surface area contributed by atoms with E-state index in [1.54, 1.807) is 6.08 Å². The molecule has 0 aromatic rings. The van der Waals surface area contributed by atoms with Crippen molar-refractivity contribution in [2.45, 2.75) is 276 Å². The molecule has 3 unspecified atom stereocenters. The quantitative estimate of drug-likeness (QED) is 0.0365. The first kappa shape index (κ1) is 54.6. The fourth-order valence-corrected chi connectivity index (χ4v) is 7.55. The van der Waals surface area contributed by atoms with Gasteiger partial charge in [-0.2, -0.15) is 0 Å². The van der Waals surface area contributed by atoms with Crippen molar-refractivity contribution in [1.29, 1.82) is 0 Å². The monoisotopic (exact) mass is 788 g/mol. The summed E-state index contributed by atoms with van der Waals surface area (Å²) in [6, 6.07) is -0.812. The number of amides is 1. The molecule has 56 heavy (non-hydrogen) atoms. The van der Waals surface area contributed by atoms with E-state index in [2.05, 4.69) is 43.5 Å². The van der Waals surface area contributed by atoms with E-state index in [1.165, 1.54) is 199 Å². The van der Waals surface area contributed by atoms with E-state index in [-0.39, 0.29) is 6.61 Å². The number of hydrogen-bond acceptors (Lipinski definition) is 4. The van der Waals surface area contributed by atoms with Gasteiger partial charge in [-0.25, -0.2) is 0 Å². The van der Waals surface area contributed by atoms with Crippen LogP contribution in [0.5, 0.6) is 0 Å². The SMILES string of the molecule is CCCCCCCC/C=C/CC/C=C/C(O)C(CO)NC(=O)C(O)CCCCCCCCCCCCCCCC/C=C\CCCCCCCCCCCCCC. The molecule has 0 heterocycles. The van der Waals surface area contributed by atoms with Crippen molar-refractivity contribution in [3.8, 4) is 0 Å². The summed E-state index contributed by atoms with van der Waals surface area (Å²) < 4.78 is 0. The van der Waals surface area contributed by atoms with Gasteiger partial charge in [-0.15, -0.1) is 0 Å². The van der Waals surface area contributed by atoms with Gasteiger partial charge in [0.05, 0.1) is 18.8 Å². The van der Waals surface area contributed by atoms with Gasteiger partial charge in [0.15, 0.2) is 0 Å². The van der Waals surface area contributed by atoms with Gasteiger partial charge in [-0.3, -0.25) is 4.79 Å². The normalized spacial score (nSPS) is 13.7. The van der Waals surface area contributed by atoms with Crippen LogP contribution in [-0.2, 0) is 4.79 Å². The zero-order valence-electron chi connectivity index (χ0n) is 37.5. The lowest BCUT2D eigenvalue weighted by Crippen LogP contribution is -2.48. The Bertz CT molecular complexity index is 870. The molecule has 0 spiro atoms. The second-order valence-electron chi connectivity index (χ2n) is 17.0. The summed E-state index contributed by atoms with van der Waals surface area (Å²) in [5, 5.41) is 33.1. The van der Waals surface area contributed by atoms with Crippen LogP contribution in [0.2, 0.25) is 0 Å². The van der Waals surface area contributed by atoms with Crippen LogP contribution in [0.1, 0.15) is 258 Å². The highest BCUT2D eigenvalue weighted by Gasteiger charge is 2.22. The second kappa shape index (κ2) is 46.3. The van der Waals surface area contributed by atoms with Crippen molar-refractivity contribution >= 4 is 5.91 Å². The molecule has 330 valence electrons. The predicted octanol–water partition coefficient (Wildman–Crippen LogP) is 14.7. The summed E-state index contributed by atoms with van der Waals surface area (Å²) >= 11 is 0. The van der Waals surface area contributed by atoms with Crippen LogP contribution in [0, 0.1) is 0 Å². The number of unbranched alkanes of at least 4 members (excludes halogenated alkanes) is 33. The predicted molar refractivity (Wildman–Crippen MR) is 245 cm³/mol. The number of carbonyl (C=O) groups excluding carboxylic acids is 1. The largest absolute Gasteiger partial charge is 0.394 e. The summed E-state index contributed by atoms with van der Waals surface area (Å²) in [5.41, 5.74) is 0. The smallest absolute Gasteiger partial charge is 0.249 e. The van der Waals surface area contributed by atoms with Crippen LogP contribution in [-0.4, -0.2) is 46.1 Å². The van der Waals surface area contributed by atoms with Crippen LogP contribution in [0.3, 0.4) is 0 Å². The molecule has 0 fully saturated rings. The van der Waals surface area contributed by atoms with Gasteiger partial charge >= 0.3 is 0 Å². The molecule has 0 aromatic carbocycles. The van der Waals surface area contributed by atoms with Gasteiger partial charge in [0.1, 0.15) is 6.10 Å². The van der Waals surface area contributed by atoms with Crippen molar-refractivity contribution in [3.63, 3.8) is 0 Å². The minimum atomic E-state index is -1.10. The van der Waals surface area contributed by atoms with Crippen LogP contribution in [0.15, 0.2) is 36.5 Å². The highest BCUT2D eigenvalue weighted by molar-refractivity contribution is 5.80. The zero-order chi connectivity index (χ0) is 40.8. The molecule has 0 bridgehead atoms. The number of aliphatic hydroxyl groups is 3. The molecular weight excluding hydrogens is 691 g/mol. The van der Waals surface area contributed by atoms with E-state index in [1.807, 2.05) is 6.08 Å². The first-order valence-corrected chi connectivity index (χ1v) is 24.8. The third-order valence-electron chi connectivity index (χ3n) is 11.5. The zero-order valence-corrected chi connectivity index (χ0v) is 37.5. The Kier molecular flexibility index (Phi) is 45.1. The van der Waals surface area contributed by atoms with E-state index in [9.17, 15) is 20.1 Å². The Hall–Kier alpha value is -1.43. The van der Waals surface area contributed by atoms with Crippen molar-refractivity contribution in [2.75, 3.05) is 6.61 Å². The summed E-state index contributed by atoms with van der Waals surface area (Å²) in [6.45, 7) is 4.16. The molecule has 0 saturated heterocycles. The minimum Gasteiger partial charge on any atom is -0.394 e. The Balaban J connectivity index is 3.54. The van der Waals surface area contributed by atoms with Crippen LogP contribution in [0.25, 0.3) is 0 Å². The highest BCUT2D eigenvalue weighted by atomic mass is 16.3. The van der Waals surface area contributed by atoms with Gasteiger partial charge in [0.25, 0.3) is 0 Å². The van der Waals surface area contributed by atoms with Gasteiger partial charge < -0.3 is 20.6 Å². The lowest BCUT2D eigenvalue weighted by Gasteiger charge is -2.21. The highest BCUT2D eigenvalue weighted by Crippen LogP contribution is 2.16. The van der Waals surface area contributed by atoms with Crippen LogP contribution >= 0.6 is 0 Å². The van der Waals surface area contributed by atoms with Gasteiger partial charge in [-0.05, 0) is 57.8 Å². The van der Waals surface area contributed by atoms with E-state index in [4.69, 9.17) is 0 Å². The first-order valence-electron chi connectivity index (χ1n) is 24.8. The van der Waals surface area contributed by atoms with E-state index < -0.39 is 24.2 Å². The maximum Gasteiger partial charge on any atom is 0.249 e. The van der Waals surface area contributed by atoms with Crippen molar-refractivity contribution in [1.82, 2.24) is 5.32 Å². The molecule has 0 saturated carbocycles. The summed E-state index contributed by atoms with van der Waals surface area (Å²) in [4.78, 5) is 12.5. The lowest BCUT2D eigenvalue weighted by atomic mass is 10.0. The molecule has 3 atom stereocenters. The average Bonchev–Trinajstić information content (AvgIpc) is 3.20. The molecule has 0 radical (unpaired) electrons. The Morgan fingerprint density at radius 2 is 0.732 bits per heavy atom. The summed E-state index contributed by atoms with van der Waals surface area (Å²) in [6.07, 6.45) is 59.3. The maximum absolute atomic E-state index is 12.5. The number of hydrogen-bond donors (Lipinski definition) is 4. The lowest BCUT2D eigenvalue weighted by molar-refractivity contribution is -0.131. The topological polar surface area (TPSA) is 89.8 Å². The van der Waals surface area contributed by atoms with Gasteiger partial charge in [-0.1, -0.05) is 237 Å². The molecule has 5 nitrogen and oxygen atoms in total. The van der Waals surface area contributed by atoms with Crippen LogP contribution in [0.4, 0.5) is 0 Å². The molecule has 5 heteroatoms. The first-order chi connectivity index (χ1) is 27.6. The van der Waals surface area contributed by atoms with E-state index in [0.29, 0.717) is 6.42 Å². The van der Waals surface area contributed by atoms with Gasteiger partial charge in [0.2, 0.25) is 5.91 Å². The molecular formula is C51H97NO4. The minimum absolute atomic E-state index is 0.375. The molecule has 0 aliphatic heterocycles. The molecule has 0 aromatic heterocycles. The molecule has 0 aliphatic carbocycles. The van der Waals surface area contributed by atoms with Crippen molar-refractivity contribution < 1.29 is 20.1 Å². The number of aliphatic hydroxyl groups excluding tert-OH is 3. The fraction of sp³-hybridized carbons (Fsp3) is 0.863. The average molecular weight is 788 g/mol. The molecule has 0 aliphatic rings. The number of carbonyl (C=O) groups is 1. The number of rotatable bonds is 45. The Labute approximate surface area is 349 Å².